The predicted octanol–water partition coefficient (Wildman–Crippen LogP) is 5.50. The standard InChI is InChI=1S/C15H14Cl3N/c1-10(11-5-3-2-4-6-11)19-9-12-13(16)7-8-14(17)15(12)18/h2-8,10,19H,9H2,1H3. The lowest BCUT2D eigenvalue weighted by molar-refractivity contribution is 0.575. The van der Waals surface area contributed by atoms with Gasteiger partial charge in [0.25, 0.3) is 0 Å². The van der Waals surface area contributed by atoms with Gasteiger partial charge in [0, 0.05) is 23.2 Å². The molecule has 0 fully saturated rings. The first-order chi connectivity index (χ1) is 9.09. The van der Waals surface area contributed by atoms with Crippen molar-refractivity contribution in [2.45, 2.75) is 19.5 Å². The van der Waals surface area contributed by atoms with Gasteiger partial charge in [-0.2, -0.15) is 0 Å². The van der Waals surface area contributed by atoms with Crippen LogP contribution in [-0.4, -0.2) is 0 Å². The lowest BCUT2D eigenvalue weighted by Crippen LogP contribution is -2.18. The minimum Gasteiger partial charge on any atom is -0.306 e. The van der Waals surface area contributed by atoms with E-state index in [9.17, 15) is 0 Å². The molecule has 1 nitrogen and oxygen atoms in total. The highest BCUT2D eigenvalue weighted by atomic mass is 35.5. The van der Waals surface area contributed by atoms with Gasteiger partial charge in [-0.3, -0.25) is 0 Å². The lowest BCUT2D eigenvalue weighted by Gasteiger charge is -2.16. The average molecular weight is 315 g/mol. The van der Waals surface area contributed by atoms with E-state index in [-0.39, 0.29) is 6.04 Å². The van der Waals surface area contributed by atoms with Gasteiger partial charge in [0.1, 0.15) is 0 Å². The molecule has 4 heteroatoms. The van der Waals surface area contributed by atoms with Crippen LogP contribution in [0.3, 0.4) is 0 Å². The van der Waals surface area contributed by atoms with E-state index in [0.717, 1.165) is 5.56 Å². The summed E-state index contributed by atoms with van der Waals surface area (Å²) in [6.45, 7) is 2.68. The van der Waals surface area contributed by atoms with Crippen molar-refractivity contribution in [1.82, 2.24) is 5.32 Å². The van der Waals surface area contributed by atoms with Gasteiger partial charge in [0.2, 0.25) is 0 Å². The Morgan fingerprint density at radius 3 is 2.26 bits per heavy atom. The smallest absolute Gasteiger partial charge is 0.0652 e. The molecule has 0 amide bonds. The zero-order valence-electron chi connectivity index (χ0n) is 10.5. The Balaban J connectivity index is 2.09. The molecule has 0 saturated heterocycles. The summed E-state index contributed by atoms with van der Waals surface area (Å²) >= 11 is 18.3. The molecule has 0 aliphatic carbocycles. The van der Waals surface area contributed by atoms with Crippen LogP contribution in [0, 0.1) is 0 Å². The van der Waals surface area contributed by atoms with Crippen LogP contribution < -0.4 is 5.32 Å². The molecule has 0 radical (unpaired) electrons. The molecule has 0 aliphatic rings. The van der Waals surface area contributed by atoms with Gasteiger partial charge in [-0.1, -0.05) is 65.1 Å². The minimum absolute atomic E-state index is 0.215. The first-order valence-corrected chi connectivity index (χ1v) is 7.13. The van der Waals surface area contributed by atoms with Gasteiger partial charge >= 0.3 is 0 Å². The Kier molecular flexibility index (Phi) is 5.12. The van der Waals surface area contributed by atoms with Crippen molar-refractivity contribution in [2.75, 3.05) is 0 Å². The van der Waals surface area contributed by atoms with Crippen molar-refractivity contribution in [1.29, 1.82) is 0 Å². The Bertz CT molecular complexity index is 555. The molecule has 0 bridgehead atoms. The summed E-state index contributed by atoms with van der Waals surface area (Å²) in [6, 6.07) is 13.9. The fraction of sp³-hybridized carbons (Fsp3) is 0.200. The van der Waals surface area contributed by atoms with Crippen molar-refractivity contribution in [3.63, 3.8) is 0 Å². The highest BCUT2D eigenvalue weighted by molar-refractivity contribution is 6.44. The van der Waals surface area contributed by atoms with E-state index in [2.05, 4.69) is 24.4 Å². The van der Waals surface area contributed by atoms with Crippen molar-refractivity contribution < 1.29 is 0 Å². The van der Waals surface area contributed by atoms with Gasteiger partial charge in [0.05, 0.1) is 10.0 Å². The van der Waals surface area contributed by atoms with Crippen LogP contribution in [0.25, 0.3) is 0 Å². The van der Waals surface area contributed by atoms with E-state index in [4.69, 9.17) is 34.8 Å². The van der Waals surface area contributed by atoms with Gasteiger partial charge in [-0.15, -0.1) is 0 Å². The number of halogens is 3. The maximum atomic E-state index is 6.17. The van der Waals surface area contributed by atoms with Gasteiger partial charge < -0.3 is 5.32 Å². The molecule has 0 saturated carbocycles. The molecule has 2 aromatic rings. The summed E-state index contributed by atoms with van der Waals surface area (Å²) in [5.74, 6) is 0. The van der Waals surface area contributed by atoms with Crippen molar-refractivity contribution in [3.05, 3.63) is 68.7 Å². The van der Waals surface area contributed by atoms with E-state index < -0.39 is 0 Å². The summed E-state index contributed by atoms with van der Waals surface area (Å²) in [5, 5.41) is 5.06. The molecule has 0 spiro atoms. The molecule has 1 atom stereocenters. The lowest BCUT2D eigenvalue weighted by atomic mass is 10.1. The molecule has 0 aliphatic heterocycles. The third-order valence-electron chi connectivity index (χ3n) is 3.02. The molecule has 1 N–H and O–H groups in total. The molecule has 2 rings (SSSR count). The normalized spacial score (nSPS) is 12.4. The second kappa shape index (κ2) is 6.62. The number of hydrogen-bond donors (Lipinski definition) is 1. The summed E-state index contributed by atoms with van der Waals surface area (Å²) in [6.07, 6.45) is 0. The zero-order chi connectivity index (χ0) is 13.8. The molecule has 100 valence electrons. The van der Waals surface area contributed by atoms with Gasteiger partial charge in [0.15, 0.2) is 0 Å². The third kappa shape index (κ3) is 3.64. The number of nitrogens with one attached hydrogen (secondary N) is 1. The number of benzene rings is 2. The largest absolute Gasteiger partial charge is 0.306 e. The van der Waals surface area contributed by atoms with E-state index in [1.165, 1.54) is 5.56 Å². The summed E-state index contributed by atoms with van der Waals surface area (Å²) in [5.41, 5.74) is 2.05. The third-order valence-corrected chi connectivity index (χ3v) is 4.22. The SMILES string of the molecule is CC(NCc1c(Cl)ccc(Cl)c1Cl)c1ccccc1. The van der Waals surface area contributed by atoms with Crippen LogP contribution in [-0.2, 0) is 6.54 Å². The van der Waals surface area contributed by atoms with E-state index in [0.29, 0.717) is 21.6 Å². The minimum atomic E-state index is 0.215. The monoisotopic (exact) mass is 313 g/mol. The molecular formula is C15H14Cl3N. The second-order valence-electron chi connectivity index (χ2n) is 4.34. The molecule has 1 unspecified atom stereocenters. The Morgan fingerprint density at radius 1 is 0.947 bits per heavy atom. The average Bonchev–Trinajstić information content (AvgIpc) is 2.44. The van der Waals surface area contributed by atoms with Crippen molar-refractivity contribution in [2.24, 2.45) is 0 Å². The quantitative estimate of drug-likeness (QED) is 0.735. The molecule has 0 aromatic heterocycles. The maximum Gasteiger partial charge on any atom is 0.0652 e. The highest BCUT2D eigenvalue weighted by Crippen LogP contribution is 2.31. The highest BCUT2D eigenvalue weighted by Gasteiger charge is 2.11. The molecular weight excluding hydrogens is 301 g/mol. The molecule has 0 heterocycles. The number of rotatable bonds is 4. The molecule has 2 aromatic carbocycles. The van der Waals surface area contributed by atoms with Crippen LogP contribution in [0.1, 0.15) is 24.1 Å². The first kappa shape index (κ1) is 14.7. The topological polar surface area (TPSA) is 12.0 Å². The Hall–Kier alpha value is -0.730. The summed E-state index contributed by atoms with van der Waals surface area (Å²) in [4.78, 5) is 0. The summed E-state index contributed by atoms with van der Waals surface area (Å²) in [7, 11) is 0. The van der Waals surface area contributed by atoms with Crippen LogP contribution in [0.5, 0.6) is 0 Å². The molecule has 19 heavy (non-hydrogen) atoms. The Labute approximate surface area is 128 Å². The first-order valence-electron chi connectivity index (χ1n) is 6.00. The van der Waals surface area contributed by atoms with Crippen LogP contribution in [0.2, 0.25) is 15.1 Å². The summed E-state index contributed by atoms with van der Waals surface area (Å²) < 4.78 is 0. The van der Waals surface area contributed by atoms with Crippen LogP contribution in [0.4, 0.5) is 0 Å². The van der Waals surface area contributed by atoms with Crippen molar-refractivity contribution >= 4 is 34.8 Å². The predicted molar refractivity (Wildman–Crippen MR) is 83.2 cm³/mol. The zero-order valence-corrected chi connectivity index (χ0v) is 12.7. The van der Waals surface area contributed by atoms with Gasteiger partial charge in [-0.05, 0) is 24.6 Å². The fourth-order valence-corrected chi connectivity index (χ4v) is 2.53. The van der Waals surface area contributed by atoms with E-state index in [1.807, 2.05) is 18.2 Å². The van der Waals surface area contributed by atoms with E-state index in [1.54, 1.807) is 12.1 Å². The van der Waals surface area contributed by atoms with Crippen LogP contribution in [0.15, 0.2) is 42.5 Å². The van der Waals surface area contributed by atoms with Gasteiger partial charge in [-0.25, -0.2) is 0 Å². The maximum absolute atomic E-state index is 6.17. The van der Waals surface area contributed by atoms with E-state index >= 15 is 0 Å². The Morgan fingerprint density at radius 2 is 1.58 bits per heavy atom. The van der Waals surface area contributed by atoms with Crippen molar-refractivity contribution in [3.8, 4) is 0 Å². The fourth-order valence-electron chi connectivity index (χ4n) is 1.85. The second-order valence-corrected chi connectivity index (χ2v) is 5.53. The van der Waals surface area contributed by atoms with Crippen LogP contribution >= 0.6 is 34.8 Å². The number of hydrogen-bond acceptors (Lipinski definition) is 1.